The van der Waals surface area contributed by atoms with Crippen molar-refractivity contribution in [2.75, 3.05) is 46.1 Å². The first-order valence-electron chi connectivity index (χ1n) is 13.1. The number of hydrogen-bond donors (Lipinski definition) is 2. The minimum atomic E-state index is -4.07. The van der Waals surface area contributed by atoms with Gasteiger partial charge in [0.05, 0.1) is 19.8 Å². The Morgan fingerprint density at radius 3 is 2.40 bits per heavy atom. The van der Waals surface area contributed by atoms with Gasteiger partial charge < -0.3 is 33.1 Å². The molecule has 2 heterocycles. The number of aromatic nitrogens is 2. The van der Waals surface area contributed by atoms with Crippen molar-refractivity contribution < 1.29 is 51.6 Å². The summed E-state index contributed by atoms with van der Waals surface area (Å²) < 4.78 is 54.5. The number of alkyl halides is 1. The molecule has 0 bridgehead atoms. The van der Waals surface area contributed by atoms with Crippen LogP contribution in [0.4, 0.5) is 4.39 Å². The molecular formula is C26H34FN2O12PS3. The van der Waals surface area contributed by atoms with E-state index in [9.17, 15) is 24.3 Å². The van der Waals surface area contributed by atoms with Gasteiger partial charge in [0.15, 0.2) is 25.6 Å². The Morgan fingerprint density at radius 1 is 1.24 bits per heavy atom. The van der Waals surface area contributed by atoms with E-state index in [1.807, 2.05) is 18.8 Å². The van der Waals surface area contributed by atoms with E-state index in [4.69, 9.17) is 57.2 Å². The number of aliphatic hydroxyl groups excluding tert-OH is 1. The SMILES string of the molecule is C#CCOC(=O)C(COCSSC(C)C)(COP(=S)(OC)OC1[C@@H](CO)O[C@@H](n2cc(C)c(=O)[nH]c2=O)[C@H]1F)C(=O)OCC#C. The molecule has 1 aromatic rings. The number of esters is 2. The topological polar surface area (TPSA) is 174 Å². The first-order valence-corrected chi connectivity index (χ1v) is 18.0. The lowest BCUT2D eigenvalue weighted by atomic mass is 9.90. The second kappa shape index (κ2) is 18.2. The second-order valence-corrected chi connectivity index (χ2v) is 15.5. The standard InChI is InChI=1S/C26H34FN2O12PS3/c1-7-9-37-23(32)26(24(33)38-10-8-2,13-36-15-44-45-16(3)4)14-39-42(43,35-6)41-20-18(12-30)40-22(19(20)27)29-11-17(5)21(31)28-25(29)34/h1-2,11,16,18-20,22,30H,9-10,12-15H2,3-6H3,(H,28,31,34)/t18-,19+,20?,22-,42?/m1/s1. The van der Waals surface area contributed by atoms with Gasteiger partial charge in [-0.2, -0.15) is 0 Å². The Bertz CT molecular complexity index is 1400. The Balaban J connectivity index is 2.38. The van der Waals surface area contributed by atoms with Gasteiger partial charge in [-0.15, -0.1) is 12.8 Å². The summed E-state index contributed by atoms with van der Waals surface area (Å²) in [5, 5.41) is 10.2. The highest BCUT2D eigenvalue weighted by Gasteiger charge is 2.53. The predicted octanol–water partition coefficient (Wildman–Crippen LogP) is 1.45. The number of aromatic amines is 1. The van der Waals surface area contributed by atoms with Crippen LogP contribution in [0.5, 0.6) is 0 Å². The van der Waals surface area contributed by atoms with Gasteiger partial charge in [0.1, 0.15) is 18.1 Å². The smallest absolute Gasteiger partial charge is 0.330 e. The summed E-state index contributed by atoms with van der Waals surface area (Å²) in [5.41, 5.74) is -3.88. The minimum Gasteiger partial charge on any atom is -0.452 e. The number of rotatable bonds is 18. The van der Waals surface area contributed by atoms with E-state index in [1.54, 1.807) is 0 Å². The minimum absolute atomic E-state index is 0.0382. The molecule has 0 aromatic carbocycles. The maximum absolute atomic E-state index is 15.8. The Morgan fingerprint density at radius 2 is 1.87 bits per heavy atom. The summed E-state index contributed by atoms with van der Waals surface area (Å²) in [7, 11) is 3.88. The average Bonchev–Trinajstić information content (AvgIpc) is 3.31. The Kier molecular flexibility index (Phi) is 15.8. The summed E-state index contributed by atoms with van der Waals surface area (Å²) in [4.78, 5) is 52.7. The predicted molar refractivity (Wildman–Crippen MR) is 167 cm³/mol. The van der Waals surface area contributed by atoms with E-state index in [0.717, 1.165) is 17.9 Å². The molecule has 1 aromatic heterocycles. The molecule has 2 rings (SSSR count). The second-order valence-electron chi connectivity index (χ2n) is 9.52. The zero-order valence-electron chi connectivity index (χ0n) is 24.8. The average molecular weight is 713 g/mol. The lowest BCUT2D eigenvalue weighted by Gasteiger charge is -2.32. The van der Waals surface area contributed by atoms with Crippen LogP contribution in [-0.4, -0.2) is 96.3 Å². The van der Waals surface area contributed by atoms with E-state index >= 15 is 4.39 Å². The van der Waals surface area contributed by atoms with Crippen LogP contribution in [0.2, 0.25) is 0 Å². The number of nitrogens with one attached hydrogen (secondary N) is 1. The molecule has 2 unspecified atom stereocenters. The molecule has 2 N–H and O–H groups in total. The molecule has 19 heteroatoms. The van der Waals surface area contributed by atoms with Gasteiger partial charge in [-0.3, -0.25) is 28.5 Å². The number of aryl methyl sites for hydroxylation is 1. The molecule has 1 fully saturated rings. The van der Waals surface area contributed by atoms with Gasteiger partial charge in [-0.1, -0.05) is 47.3 Å². The molecule has 0 aliphatic carbocycles. The maximum atomic E-state index is 15.8. The van der Waals surface area contributed by atoms with Crippen molar-refractivity contribution in [1.82, 2.24) is 9.55 Å². The summed E-state index contributed by atoms with van der Waals surface area (Å²) in [6.07, 6.45) is 4.71. The molecule has 250 valence electrons. The molecule has 0 spiro atoms. The monoisotopic (exact) mass is 712 g/mol. The van der Waals surface area contributed by atoms with Gasteiger partial charge in [-0.05, 0) is 18.7 Å². The summed E-state index contributed by atoms with van der Waals surface area (Å²) in [6, 6.07) is 0. The number of ether oxygens (including phenoxy) is 4. The zero-order chi connectivity index (χ0) is 33.8. The van der Waals surface area contributed by atoms with Crippen LogP contribution in [0.3, 0.4) is 0 Å². The number of aliphatic hydroxyl groups is 1. The third kappa shape index (κ3) is 10.4. The Labute approximate surface area is 272 Å². The van der Waals surface area contributed by atoms with Crippen LogP contribution in [0.25, 0.3) is 0 Å². The van der Waals surface area contributed by atoms with Crippen LogP contribution in [0.1, 0.15) is 25.6 Å². The molecule has 1 aliphatic heterocycles. The van der Waals surface area contributed by atoms with Crippen molar-refractivity contribution >= 4 is 52.1 Å². The fourth-order valence-corrected chi connectivity index (χ4v) is 7.00. The maximum Gasteiger partial charge on any atom is 0.330 e. The van der Waals surface area contributed by atoms with Crippen molar-refractivity contribution in [3.05, 3.63) is 32.6 Å². The van der Waals surface area contributed by atoms with Crippen molar-refractivity contribution in [2.24, 2.45) is 5.41 Å². The lowest BCUT2D eigenvalue weighted by molar-refractivity contribution is -0.178. The molecule has 0 amide bonds. The largest absolute Gasteiger partial charge is 0.452 e. The third-order valence-corrected chi connectivity index (χ3v) is 11.0. The fourth-order valence-electron chi connectivity index (χ4n) is 3.70. The number of terminal acetylenes is 2. The van der Waals surface area contributed by atoms with Crippen LogP contribution >= 0.6 is 28.3 Å². The first kappa shape index (κ1) is 39.0. The van der Waals surface area contributed by atoms with Crippen molar-refractivity contribution in [2.45, 2.75) is 50.6 Å². The van der Waals surface area contributed by atoms with Crippen molar-refractivity contribution in [3.8, 4) is 24.7 Å². The van der Waals surface area contributed by atoms with Crippen LogP contribution < -0.4 is 11.2 Å². The molecule has 14 nitrogen and oxygen atoms in total. The number of carbonyl (C=O) groups excluding carboxylic acids is 2. The number of hydrogen-bond acceptors (Lipinski definition) is 15. The van der Waals surface area contributed by atoms with E-state index in [-0.39, 0.29) is 16.8 Å². The van der Waals surface area contributed by atoms with Gasteiger partial charge in [0, 0.05) is 24.1 Å². The van der Waals surface area contributed by atoms with Gasteiger partial charge in [0.2, 0.25) is 5.41 Å². The molecule has 1 saturated heterocycles. The quantitative estimate of drug-likeness (QED) is 0.0426. The van der Waals surface area contributed by atoms with E-state index in [0.29, 0.717) is 0 Å². The molecule has 45 heavy (non-hydrogen) atoms. The van der Waals surface area contributed by atoms with Gasteiger partial charge in [-0.25, -0.2) is 9.18 Å². The highest BCUT2D eigenvalue weighted by molar-refractivity contribution is 8.76. The molecule has 1 aliphatic rings. The number of H-pyrrole nitrogens is 1. The van der Waals surface area contributed by atoms with Crippen molar-refractivity contribution in [1.29, 1.82) is 0 Å². The van der Waals surface area contributed by atoms with Crippen LogP contribution in [-0.2, 0) is 53.9 Å². The molecule has 0 saturated carbocycles. The van der Waals surface area contributed by atoms with Crippen LogP contribution in [0, 0.1) is 37.0 Å². The molecule has 5 atom stereocenters. The highest BCUT2D eigenvalue weighted by Crippen LogP contribution is 2.54. The lowest BCUT2D eigenvalue weighted by Crippen LogP contribution is -2.49. The Hall–Kier alpha value is -2.22. The first-order chi connectivity index (χ1) is 21.3. The molecular weight excluding hydrogens is 678 g/mol. The zero-order valence-corrected chi connectivity index (χ0v) is 28.1. The van der Waals surface area contributed by atoms with Gasteiger partial charge >= 0.3 is 24.3 Å². The third-order valence-electron chi connectivity index (χ3n) is 5.91. The van der Waals surface area contributed by atoms with E-state index in [1.165, 1.54) is 28.5 Å². The van der Waals surface area contributed by atoms with Crippen molar-refractivity contribution in [3.63, 3.8) is 0 Å². The fraction of sp³-hybridized carbons (Fsp3) is 0.615. The molecule has 0 radical (unpaired) electrons. The van der Waals surface area contributed by atoms with E-state index < -0.39 is 93.0 Å². The van der Waals surface area contributed by atoms with Crippen LogP contribution in [0.15, 0.2) is 15.8 Å². The highest BCUT2D eigenvalue weighted by atomic mass is 33.1. The number of nitrogens with zero attached hydrogens (tertiary/aromatic N) is 1. The van der Waals surface area contributed by atoms with E-state index in [2.05, 4.69) is 11.8 Å². The summed E-state index contributed by atoms with van der Waals surface area (Å²) in [5.74, 6) is 1.90. The summed E-state index contributed by atoms with van der Waals surface area (Å²) in [6.45, 7) is -2.08. The van der Waals surface area contributed by atoms with Gasteiger partial charge in [0.25, 0.3) is 5.56 Å². The number of carbonyl (C=O) groups is 2. The normalized spacial score (nSPS) is 21.1. The number of halogens is 1. The summed E-state index contributed by atoms with van der Waals surface area (Å²) >= 11 is 5.42.